The molecule has 1 fully saturated rings. The van der Waals surface area contributed by atoms with Crippen molar-refractivity contribution < 1.29 is 31.4 Å². The number of hydrogen-bond donors (Lipinski definition) is 1. The van der Waals surface area contributed by atoms with E-state index < -0.39 is 10.4 Å². The highest BCUT2D eigenvalue weighted by molar-refractivity contribution is 7.81. The third-order valence-corrected chi connectivity index (χ3v) is 3.25. The van der Waals surface area contributed by atoms with Gasteiger partial charge in [-0.15, -0.1) is 0 Å². The van der Waals surface area contributed by atoms with Gasteiger partial charge in [-0.05, 0) is 24.1 Å². The summed E-state index contributed by atoms with van der Waals surface area (Å²) >= 11 is 0. The molecule has 1 aliphatic heterocycles. The molecule has 0 amide bonds. The van der Waals surface area contributed by atoms with Crippen LogP contribution in [-0.2, 0) is 26.4 Å². The van der Waals surface area contributed by atoms with Gasteiger partial charge in [-0.1, -0.05) is 6.07 Å². The molecule has 0 saturated carbocycles. The van der Waals surface area contributed by atoms with E-state index in [4.69, 9.17) is 14.0 Å². The van der Waals surface area contributed by atoms with Crippen LogP contribution in [0.4, 0.5) is 0 Å². The zero-order valence-electron chi connectivity index (χ0n) is 10.7. The van der Waals surface area contributed by atoms with Gasteiger partial charge in [0, 0.05) is 12.8 Å². The lowest BCUT2D eigenvalue weighted by Gasteiger charge is -2.12. The summed E-state index contributed by atoms with van der Waals surface area (Å²) in [6.45, 7) is 0. The van der Waals surface area contributed by atoms with Crippen molar-refractivity contribution in [3.05, 3.63) is 23.8 Å². The average molecular weight is 302 g/mol. The maximum absolute atomic E-state index is 11.0. The molecule has 0 aliphatic carbocycles. The second kappa shape index (κ2) is 5.68. The highest BCUT2D eigenvalue weighted by atomic mass is 32.3. The van der Waals surface area contributed by atoms with Crippen LogP contribution in [0.25, 0.3) is 0 Å². The van der Waals surface area contributed by atoms with Crippen molar-refractivity contribution in [2.24, 2.45) is 0 Å². The SMILES string of the molecule is COc1cc(CC2CCC(=O)O2)ccc1OS(=O)(=O)O. The molecule has 0 bridgehead atoms. The molecular weight excluding hydrogens is 288 g/mol. The zero-order chi connectivity index (χ0) is 14.8. The van der Waals surface area contributed by atoms with Gasteiger partial charge < -0.3 is 13.7 Å². The summed E-state index contributed by atoms with van der Waals surface area (Å²) in [4.78, 5) is 11.0. The molecule has 2 rings (SSSR count). The summed E-state index contributed by atoms with van der Waals surface area (Å²) in [6, 6.07) is 4.57. The minimum atomic E-state index is -4.60. The van der Waals surface area contributed by atoms with E-state index in [-0.39, 0.29) is 23.6 Å². The molecule has 20 heavy (non-hydrogen) atoms. The molecule has 7 nitrogen and oxygen atoms in total. The summed E-state index contributed by atoms with van der Waals surface area (Å²) in [6.07, 6.45) is 1.39. The Balaban J connectivity index is 2.14. The number of cyclic esters (lactones) is 1. The van der Waals surface area contributed by atoms with Crippen molar-refractivity contribution in [1.29, 1.82) is 0 Å². The van der Waals surface area contributed by atoms with Crippen LogP contribution < -0.4 is 8.92 Å². The van der Waals surface area contributed by atoms with Crippen molar-refractivity contribution in [1.82, 2.24) is 0 Å². The summed E-state index contributed by atoms with van der Waals surface area (Å²) in [7, 11) is -3.25. The number of benzene rings is 1. The van der Waals surface area contributed by atoms with E-state index in [0.29, 0.717) is 19.3 Å². The number of rotatable bonds is 5. The smallest absolute Gasteiger partial charge is 0.446 e. The first-order valence-corrected chi connectivity index (χ1v) is 7.27. The molecule has 0 aromatic heterocycles. The van der Waals surface area contributed by atoms with Gasteiger partial charge in [-0.2, -0.15) is 8.42 Å². The maximum atomic E-state index is 11.0. The van der Waals surface area contributed by atoms with Gasteiger partial charge in [0.1, 0.15) is 6.10 Å². The predicted molar refractivity (Wildman–Crippen MR) is 68.0 cm³/mol. The lowest BCUT2D eigenvalue weighted by Crippen LogP contribution is -2.11. The van der Waals surface area contributed by atoms with Crippen LogP contribution in [0.2, 0.25) is 0 Å². The Hall–Kier alpha value is -1.80. The van der Waals surface area contributed by atoms with Crippen LogP contribution >= 0.6 is 0 Å². The number of esters is 1. The van der Waals surface area contributed by atoms with Crippen LogP contribution in [0.5, 0.6) is 11.5 Å². The lowest BCUT2D eigenvalue weighted by molar-refractivity contribution is -0.141. The molecule has 110 valence electrons. The molecule has 1 aromatic rings. The fourth-order valence-electron chi connectivity index (χ4n) is 2.01. The largest absolute Gasteiger partial charge is 0.493 e. The summed E-state index contributed by atoms with van der Waals surface area (Å²) < 4.78 is 44.5. The summed E-state index contributed by atoms with van der Waals surface area (Å²) in [5, 5.41) is 0. The van der Waals surface area contributed by atoms with Crippen LogP contribution in [0.15, 0.2) is 18.2 Å². The second-order valence-electron chi connectivity index (χ2n) is 4.35. The van der Waals surface area contributed by atoms with E-state index in [1.165, 1.54) is 13.2 Å². The first kappa shape index (κ1) is 14.6. The van der Waals surface area contributed by atoms with E-state index in [1.54, 1.807) is 12.1 Å². The number of hydrogen-bond acceptors (Lipinski definition) is 6. The molecule has 8 heteroatoms. The van der Waals surface area contributed by atoms with Gasteiger partial charge in [-0.3, -0.25) is 9.35 Å². The quantitative estimate of drug-likeness (QED) is 0.642. The van der Waals surface area contributed by atoms with Gasteiger partial charge in [0.2, 0.25) is 0 Å². The Kier molecular flexibility index (Phi) is 4.15. The first-order valence-electron chi connectivity index (χ1n) is 5.90. The highest BCUT2D eigenvalue weighted by Crippen LogP contribution is 2.30. The highest BCUT2D eigenvalue weighted by Gasteiger charge is 2.24. The van der Waals surface area contributed by atoms with Crippen LogP contribution in [0.1, 0.15) is 18.4 Å². The van der Waals surface area contributed by atoms with Gasteiger partial charge >= 0.3 is 16.4 Å². The van der Waals surface area contributed by atoms with Gasteiger partial charge in [0.05, 0.1) is 7.11 Å². The monoisotopic (exact) mass is 302 g/mol. The Morgan fingerprint density at radius 1 is 1.40 bits per heavy atom. The molecule has 1 aliphatic rings. The second-order valence-corrected chi connectivity index (χ2v) is 5.37. The van der Waals surface area contributed by atoms with E-state index >= 15 is 0 Å². The molecule has 1 saturated heterocycles. The number of carbonyl (C=O) groups excluding carboxylic acids is 1. The van der Waals surface area contributed by atoms with Gasteiger partial charge in [0.15, 0.2) is 11.5 Å². The predicted octanol–water partition coefficient (Wildman–Crippen LogP) is 1.12. The Morgan fingerprint density at radius 3 is 2.70 bits per heavy atom. The fraction of sp³-hybridized carbons (Fsp3) is 0.417. The minimum Gasteiger partial charge on any atom is -0.493 e. The topological polar surface area (TPSA) is 99.1 Å². The average Bonchev–Trinajstić information content (AvgIpc) is 2.75. The van der Waals surface area contributed by atoms with Crippen molar-refractivity contribution in [2.75, 3.05) is 7.11 Å². The third kappa shape index (κ3) is 3.84. The van der Waals surface area contributed by atoms with Gasteiger partial charge in [-0.25, -0.2) is 0 Å². The van der Waals surface area contributed by atoms with Crippen molar-refractivity contribution in [2.45, 2.75) is 25.4 Å². The fourth-order valence-corrected chi connectivity index (χ4v) is 2.38. The Morgan fingerprint density at radius 2 is 2.15 bits per heavy atom. The third-order valence-electron chi connectivity index (χ3n) is 2.86. The number of methoxy groups -OCH3 is 1. The normalized spacial score (nSPS) is 18.7. The van der Waals surface area contributed by atoms with E-state index in [1.807, 2.05) is 0 Å². The first-order chi connectivity index (χ1) is 9.37. The molecule has 1 N–H and O–H groups in total. The molecule has 1 heterocycles. The number of carbonyl (C=O) groups is 1. The van der Waals surface area contributed by atoms with Crippen LogP contribution in [0, 0.1) is 0 Å². The molecule has 1 unspecified atom stereocenters. The standard InChI is InChI=1S/C12H14O7S/c1-17-11-7-8(6-9-3-5-12(13)18-9)2-4-10(11)19-20(14,15)16/h2,4,7,9H,3,5-6H2,1H3,(H,14,15,16). The molecule has 0 spiro atoms. The van der Waals surface area contributed by atoms with E-state index in [9.17, 15) is 13.2 Å². The summed E-state index contributed by atoms with van der Waals surface area (Å²) in [5.74, 6) is -0.153. The molecule has 1 aromatic carbocycles. The number of ether oxygens (including phenoxy) is 2. The van der Waals surface area contributed by atoms with E-state index in [2.05, 4.69) is 4.18 Å². The van der Waals surface area contributed by atoms with Crippen molar-refractivity contribution in [3.63, 3.8) is 0 Å². The lowest BCUT2D eigenvalue weighted by atomic mass is 10.1. The van der Waals surface area contributed by atoms with Gasteiger partial charge in [0.25, 0.3) is 0 Å². The van der Waals surface area contributed by atoms with Crippen molar-refractivity contribution in [3.8, 4) is 11.5 Å². The minimum absolute atomic E-state index is 0.109. The summed E-state index contributed by atoms with van der Waals surface area (Å²) in [5.41, 5.74) is 0.809. The van der Waals surface area contributed by atoms with Crippen LogP contribution in [0.3, 0.4) is 0 Å². The Bertz CT molecular complexity index is 608. The Labute approximate surface area is 116 Å². The maximum Gasteiger partial charge on any atom is 0.446 e. The zero-order valence-corrected chi connectivity index (χ0v) is 11.6. The molecule has 0 radical (unpaired) electrons. The van der Waals surface area contributed by atoms with E-state index in [0.717, 1.165) is 5.56 Å². The molecular formula is C12H14O7S. The van der Waals surface area contributed by atoms with Crippen LogP contribution in [-0.4, -0.2) is 32.2 Å². The molecule has 1 atom stereocenters. The van der Waals surface area contributed by atoms with Crippen molar-refractivity contribution >= 4 is 16.4 Å².